The van der Waals surface area contributed by atoms with E-state index < -0.39 is 0 Å². The Morgan fingerprint density at radius 3 is 2.71 bits per heavy atom. The van der Waals surface area contributed by atoms with Gasteiger partial charge < -0.3 is 10.3 Å². The number of aromatic nitrogens is 3. The van der Waals surface area contributed by atoms with Crippen molar-refractivity contribution < 1.29 is 9.18 Å². The molecule has 142 valence electrons. The first kappa shape index (κ1) is 18.0. The van der Waals surface area contributed by atoms with Gasteiger partial charge in [-0.1, -0.05) is 26.0 Å². The summed E-state index contributed by atoms with van der Waals surface area (Å²) in [6.45, 7) is 3.90. The van der Waals surface area contributed by atoms with E-state index in [1.807, 2.05) is 18.3 Å². The number of carbonyl (C=O) groups is 1. The third-order valence-electron chi connectivity index (χ3n) is 4.87. The molecule has 0 unspecified atom stereocenters. The monoisotopic (exact) mass is 376 g/mol. The van der Waals surface area contributed by atoms with Crippen LogP contribution in [-0.2, 0) is 11.2 Å². The molecule has 0 aliphatic carbocycles. The number of hydrogen-bond acceptors (Lipinski definition) is 2. The summed E-state index contributed by atoms with van der Waals surface area (Å²) in [6.07, 6.45) is 6.49. The highest BCUT2D eigenvalue weighted by Gasteiger charge is 2.14. The molecule has 0 fully saturated rings. The molecule has 1 amide bonds. The zero-order valence-corrected chi connectivity index (χ0v) is 15.8. The standard InChI is InChI=1S/C22H21FN4O/c1-3-14-5-7-16(8-6-14)27-13-15(11-25-27)17-9-18-20(10-19(17)23)24-12-21(18)26-22(28)4-2/h5-13,24H,3-4H2,1-2H3,(H,26,28). The van der Waals surface area contributed by atoms with Gasteiger partial charge >= 0.3 is 0 Å². The van der Waals surface area contributed by atoms with Crippen LogP contribution in [0.25, 0.3) is 27.7 Å². The predicted octanol–water partition coefficient (Wildman–Crippen LogP) is 5.07. The number of benzene rings is 2. The molecule has 0 aliphatic rings. The summed E-state index contributed by atoms with van der Waals surface area (Å²) in [6, 6.07) is 11.3. The van der Waals surface area contributed by atoms with E-state index >= 15 is 0 Å². The van der Waals surface area contributed by atoms with Crippen molar-refractivity contribution in [2.45, 2.75) is 26.7 Å². The van der Waals surface area contributed by atoms with Gasteiger partial charge in [0.15, 0.2) is 0 Å². The molecule has 0 saturated carbocycles. The fourth-order valence-corrected chi connectivity index (χ4v) is 3.19. The van der Waals surface area contributed by atoms with Crippen LogP contribution in [0, 0.1) is 5.82 Å². The molecular formula is C22H21FN4O. The molecule has 5 nitrogen and oxygen atoms in total. The maximum Gasteiger partial charge on any atom is 0.224 e. The SMILES string of the molecule is CCC(=O)Nc1c[nH]c2cc(F)c(-c3cnn(-c4ccc(CC)cc4)c3)cc12. The second-order valence-electron chi connectivity index (χ2n) is 6.68. The van der Waals surface area contributed by atoms with Crippen LogP contribution in [0.15, 0.2) is 55.0 Å². The highest BCUT2D eigenvalue weighted by atomic mass is 19.1. The number of hydrogen-bond donors (Lipinski definition) is 2. The summed E-state index contributed by atoms with van der Waals surface area (Å²) < 4.78 is 16.4. The van der Waals surface area contributed by atoms with Crippen LogP contribution in [0.2, 0.25) is 0 Å². The van der Waals surface area contributed by atoms with Gasteiger partial charge in [-0.05, 0) is 36.2 Å². The molecule has 0 saturated heterocycles. The third-order valence-corrected chi connectivity index (χ3v) is 4.87. The quantitative estimate of drug-likeness (QED) is 0.511. The first-order valence-corrected chi connectivity index (χ1v) is 9.34. The van der Waals surface area contributed by atoms with Crippen molar-refractivity contribution in [2.75, 3.05) is 5.32 Å². The Bertz CT molecular complexity index is 1140. The maximum absolute atomic E-state index is 14.7. The lowest BCUT2D eigenvalue weighted by atomic mass is 10.1. The molecule has 0 spiro atoms. The number of aryl methyl sites for hydroxylation is 1. The summed E-state index contributed by atoms with van der Waals surface area (Å²) in [4.78, 5) is 14.7. The summed E-state index contributed by atoms with van der Waals surface area (Å²) >= 11 is 0. The van der Waals surface area contributed by atoms with Crippen molar-refractivity contribution in [1.29, 1.82) is 0 Å². The Kier molecular flexibility index (Phi) is 4.69. The number of nitrogens with zero attached hydrogens (tertiary/aromatic N) is 2. The zero-order valence-electron chi connectivity index (χ0n) is 15.8. The summed E-state index contributed by atoms with van der Waals surface area (Å²) in [7, 11) is 0. The number of amides is 1. The zero-order chi connectivity index (χ0) is 19.7. The molecule has 2 heterocycles. The molecule has 2 aromatic carbocycles. The lowest BCUT2D eigenvalue weighted by Crippen LogP contribution is -2.08. The first-order valence-electron chi connectivity index (χ1n) is 9.34. The van der Waals surface area contributed by atoms with E-state index in [-0.39, 0.29) is 11.7 Å². The molecule has 28 heavy (non-hydrogen) atoms. The number of fused-ring (bicyclic) bond motifs is 1. The number of halogens is 1. The van der Waals surface area contributed by atoms with E-state index in [0.29, 0.717) is 28.8 Å². The van der Waals surface area contributed by atoms with E-state index in [9.17, 15) is 9.18 Å². The van der Waals surface area contributed by atoms with Crippen LogP contribution in [-0.4, -0.2) is 20.7 Å². The summed E-state index contributed by atoms with van der Waals surface area (Å²) in [5.74, 6) is -0.432. The predicted molar refractivity (Wildman–Crippen MR) is 109 cm³/mol. The van der Waals surface area contributed by atoms with Crippen LogP contribution < -0.4 is 5.32 Å². The highest BCUT2D eigenvalue weighted by Crippen LogP contribution is 2.31. The summed E-state index contributed by atoms with van der Waals surface area (Å²) in [5, 5.41) is 7.99. The second kappa shape index (κ2) is 7.31. The fraction of sp³-hybridized carbons (Fsp3) is 0.182. The van der Waals surface area contributed by atoms with Crippen molar-refractivity contribution in [3.8, 4) is 16.8 Å². The lowest BCUT2D eigenvalue weighted by molar-refractivity contribution is -0.115. The molecule has 0 aliphatic heterocycles. The van der Waals surface area contributed by atoms with Crippen LogP contribution in [0.5, 0.6) is 0 Å². The van der Waals surface area contributed by atoms with E-state index in [2.05, 4.69) is 34.5 Å². The molecule has 0 atom stereocenters. The third kappa shape index (κ3) is 3.29. The molecule has 6 heteroatoms. The van der Waals surface area contributed by atoms with Crippen molar-refractivity contribution in [2.24, 2.45) is 0 Å². The van der Waals surface area contributed by atoms with Crippen LogP contribution in [0.3, 0.4) is 0 Å². The molecule has 2 N–H and O–H groups in total. The van der Waals surface area contributed by atoms with Crippen molar-refractivity contribution in [3.05, 3.63) is 66.4 Å². The van der Waals surface area contributed by atoms with Gasteiger partial charge in [0, 0.05) is 35.3 Å². The number of nitrogens with one attached hydrogen (secondary N) is 2. The lowest BCUT2D eigenvalue weighted by Gasteiger charge is -2.05. The molecule has 4 aromatic rings. The first-order chi connectivity index (χ1) is 13.6. The number of H-pyrrole nitrogens is 1. The van der Waals surface area contributed by atoms with Crippen LogP contribution >= 0.6 is 0 Å². The van der Waals surface area contributed by atoms with E-state index in [1.54, 1.807) is 30.1 Å². The Balaban J connectivity index is 1.72. The molecule has 2 aromatic heterocycles. The number of anilines is 1. The minimum Gasteiger partial charge on any atom is -0.359 e. The molecule has 4 rings (SSSR count). The van der Waals surface area contributed by atoms with E-state index in [1.165, 1.54) is 11.6 Å². The minimum absolute atomic E-state index is 0.0879. The molecule has 0 bridgehead atoms. The molecular weight excluding hydrogens is 355 g/mol. The molecule has 0 radical (unpaired) electrons. The van der Waals surface area contributed by atoms with Crippen molar-refractivity contribution in [1.82, 2.24) is 14.8 Å². The maximum atomic E-state index is 14.7. The normalized spacial score (nSPS) is 11.1. The van der Waals surface area contributed by atoms with Gasteiger partial charge in [0.1, 0.15) is 5.82 Å². The Hall–Kier alpha value is -3.41. The van der Waals surface area contributed by atoms with Crippen LogP contribution in [0.1, 0.15) is 25.8 Å². The Morgan fingerprint density at radius 2 is 2.00 bits per heavy atom. The van der Waals surface area contributed by atoms with Gasteiger partial charge in [-0.25, -0.2) is 9.07 Å². The Morgan fingerprint density at radius 1 is 1.21 bits per heavy atom. The van der Waals surface area contributed by atoms with Gasteiger partial charge in [-0.2, -0.15) is 5.10 Å². The van der Waals surface area contributed by atoms with E-state index in [0.717, 1.165) is 17.5 Å². The van der Waals surface area contributed by atoms with Gasteiger partial charge in [-0.3, -0.25) is 4.79 Å². The van der Waals surface area contributed by atoms with Crippen molar-refractivity contribution >= 4 is 22.5 Å². The van der Waals surface area contributed by atoms with Gasteiger partial charge in [0.2, 0.25) is 5.91 Å². The number of rotatable bonds is 5. The topological polar surface area (TPSA) is 62.7 Å². The second-order valence-corrected chi connectivity index (χ2v) is 6.68. The number of carbonyl (C=O) groups excluding carboxylic acids is 1. The van der Waals surface area contributed by atoms with E-state index in [4.69, 9.17) is 0 Å². The Labute approximate surface area is 162 Å². The average molecular weight is 376 g/mol. The fourth-order valence-electron chi connectivity index (χ4n) is 3.19. The van der Waals surface area contributed by atoms with Gasteiger partial charge in [-0.15, -0.1) is 0 Å². The smallest absolute Gasteiger partial charge is 0.224 e. The largest absolute Gasteiger partial charge is 0.359 e. The summed E-state index contributed by atoms with van der Waals surface area (Å²) in [5.41, 5.74) is 4.56. The van der Waals surface area contributed by atoms with Gasteiger partial charge in [0.05, 0.1) is 23.1 Å². The number of aromatic amines is 1. The highest BCUT2D eigenvalue weighted by molar-refractivity contribution is 6.02. The van der Waals surface area contributed by atoms with Crippen molar-refractivity contribution in [3.63, 3.8) is 0 Å². The van der Waals surface area contributed by atoms with Crippen LogP contribution in [0.4, 0.5) is 10.1 Å². The minimum atomic E-state index is -0.344. The average Bonchev–Trinajstić information content (AvgIpc) is 3.35. The van der Waals surface area contributed by atoms with Gasteiger partial charge in [0.25, 0.3) is 0 Å².